The van der Waals surface area contributed by atoms with Gasteiger partial charge in [-0.2, -0.15) is 4.31 Å². The van der Waals surface area contributed by atoms with E-state index in [1.165, 1.54) is 16.4 Å². The molecule has 0 N–H and O–H groups in total. The SMILES string of the molecule is CC.COc1ccc(CN2[C@@H]3CC[C@@]4(S(=O)(=O)c5ccccc5)c5c(F)ccc(F)c5OC[C@H]4[C@@H]3CCS2(=O)=O)cc1. The number of benzene rings is 3. The van der Waals surface area contributed by atoms with Crippen molar-refractivity contribution in [3.63, 3.8) is 0 Å². The topological polar surface area (TPSA) is 90.0 Å². The van der Waals surface area contributed by atoms with Crippen molar-refractivity contribution in [1.82, 2.24) is 4.31 Å². The Morgan fingerprint density at radius 2 is 1.64 bits per heavy atom. The van der Waals surface area contributed by atoms with E-state index in [0.717, 1.165) is 17.7 Å². The molecule has 0 unspecified atom stereocenters. The van der Waals surface area contributed by atoms with E-state index in [2.05, 4.69) is 0 Å². The molecule has 0 radical (unpaired) electrons. The number of sulfonamides is 1. The minimum atomic E-state index is -4.27. The molecular weight excluding hydrogens is 584 g/mol. The summed E-state index contributed by atoms with van der Waals surface area (Å²) < 4.78 is 97.0. The van der Waals surface area contributed by atoms with E-state index in [4.69, 9.17) is 9.47 Å². The predicted octanol–water partition coefficient (Wildman–Crippen LogP) is 5.69. The molecule has 2 heterocycles. The highest BCUT2D eigenvalue weighted by Gasteiger charge is 2.64. The molecule has 0 amide bonds. The van der Waals surface area contributed by atoms with Gasteiger partial charge in [0.1, 0.15) is 16.3 Å². The first kappa shape index (κ1) is 30.4. The molecule has 226 valence electrons. The van der Waals surface area contributed by atoms with Crippen LogP contribution in [0.1, 0.15) is 44.2 Å². The molecule has 7 nitrogen and oxygen atoms in total. The molecule has 0 bridgehead atoms. The largest absolute Gasteiger partial charge is 0.497 e. The number of sulfone groups is 1. The molecule has 3 aromatic carbocycles. The minimum Gasteiger partial charge on any atom is -0.497 e. The zero-order valence-corrected chi connectivity index (χ0v) is 25.4. The Morgan fingerprint density at radius 3 is 2.31 bits per heavy atom. The summed E-state index contributed by atoms with van der Waals surface area (Å²) in [6.07, 6.45) is 0.276. The molecule has 4 atom stereocenters. The van der Waals surface area contributed by atoms with Gasteiger partial charge < -0.3 is 9.47 Å². The van der Waals surface area contributed by atoms with Gasteiger partial charge in [0.2, 0.25) is 10.0 Å². The Kier molecular flexibility index (Phi) is 8.39. The lowest BCUT2D eigenvalue weighted by Gasteiger charge is -2.56. The second kappa shape index (κ2) is 11.6. The number of halogens is 2. The fourth-order valence-corrected chi connectivity index (χ4v) is 11.2. The van der Waals surface area contributed by atoms with Gasteiger partial charge in [-0.1, -0.05) is 44.2 Å². The van der Waals surface area contributed by atoms with E-state index in [1.54, 1.807) is 49.6 Å². The van der Waals surface area contributed by atoms with Gasteiger partial charge in [0.25, 0.3) is 0 Å². The fraction of sp³-hybridized carbons (Fsp3) is 0.419. The van der Waals surface area contributed by atoms with Gasteiger partial charge in [-0.05, 0) is 67.1 Å². The standard InChI is InChI=1S/C29H29F2NO6S2.C2H6/c1-37-20-9-7-19(8-10-20)17-32-26-13-15-29(40(35,36)21-5-3-2-4-6-21)23(22(26)14-16-39(32,33)34)18-38-28-25(31)12-11-24(30)27(28)29;1-2/h2-12,22-23,26H,13-18H2,1H3;1-2H3/t22-,23-,26+,29-;/m0./s1. The first-order valence-electron chi connectivity index (χ1n) is 14.1. The van der Waals surface area contributed by atoms with E-state index in [0.29, 0.717) is 5.75 Å². The molecule has 0 aromatic heterocycles. The quantitative estimate of drug-likeness (QED) is 0.365. The Bertz CT molecular complexity index is 1650. The summed E-state index contributed by atoms with van der Waals surface area (Å²) >= 11 is 0. The molecule has 42 heavy (non-hydrogen) atoms. The summed E-state index contributed by atoms with van der Waals surface area (Å²) in [4.78, 5) is 0.00785. The summed E-state index contributed by atoms with van der Waals surface area (Å²) in [5.74, 6) is -2.85. The highest BCUT2D eigenvalue weighted by molar-refractivity contribution is 7.92. The van der Waals surface area contributed by atoms with Crippen LogP contribution in [0, 0.1) is 23.5 Å². The lowest BCUT2D eigenvalue weighted by Crippen LogP contribution is -2.63. The third-order valence-corrected chi connectivity index (χ3v) is 13.2. The lowest BCUT2D eigenvalue weighted by atomic mass is 9.64. The van der Waals surface area contributed by atoms with Crippen molar-refractivity contribution in [2.75, 3.05) is 19.5 Å². The van der Waals surface area contributed by atoms with Crippen LogP contribution in [0.4, 0.5) is 8.78 Å². The molecule has 1 aliphatic carbocycles. The van der Waals surface area contributed by atoms with E-state index in [1.807, 2.05) is 13.8 Å². The van der Waals surface area contributed by atoms with Crippen molar-refractivity contribution in [3.8, 4) is 11.5 Å². The smallest absolute Gasteiger partial charge is 0.214 e. The number of nitrogens with zero attached hydrogens (tertiary/aromatic N) is 1. The first-order chi connectivity index (χ1) is 20.1. The van der Waals surface area contributed by atoms with Crippen LogP contribution < -0.4 is 9.47 Å². The van der Waals surface area contributed by atoms with Crippen LogP contribution >= 0.6 is 0 Å². The number of rotatable bonds is 5. The highest BCUT2D eigenvalue weighted by atomic mass is 32.2. The van der Waals surface area contributed by atoms with Gasteiger partial charge in [-0.3, -0.25) is 0 Å². The Hall–Kier alpha value is -3.02. The Morgan fingerprint density at radius 1 is 0.976 bits per heavy atom. The molecule has 3 aromatic rings. The van der Waals surface area contributed by atoms with Crippen LogP contribution in [-0.2, 0) is 31.2 Å². The maximum absolute atomic E-state index is 15.7. The summed E-state index contributed by atoms with van der Waals surface area (Å²) in [6.45, 7) is 3.94. The Labute approximate surface area is 246 Å². The summed E-state index contributed by atoms with van der Waals surface area (Å²) in [5.41, 5.74) is 0.471. The van der Waals surface area contributed by atoms with E-state index >= 15 is 4.39 Å². The third kappa shape index (κ3) is 4.79. The predicted molar refractivity (Wildman–Crippen MR) is 155 cm³/mol. The fourth-order valence-electron chi connectivity index (χ4n) is 6.95. The molecule has 1 saturated heterocycles. The maximum atomic E-state index is 15.7. The number of fused-ring (bicyclic) bond motifs is 5. The van der Waals surface area contributed by atoms with Crippen LogP contribution in [0.5, 0.6) is 11.5 Å². The second-order valence-corrected chi connectivity index (χ2v) is 14.9. The van der Waals surface area contributed by atoms with Gasteiger partial charge >= 0.3 is 0 Å². The maximum Gasteiger partial charge on any atom is 0.214 e. The molecule has 11 heteroatoms. The third-order valence-electron chi connectivity index (χ3n) is 8.78. The van der Waals surface area contributed by atoms with E-state index < -0.39 is 54.1 Å². The number of methoxy groups -OCH3 is 1. The normalized spacial score (nSPS) is 26.4. The molecule has 6 rings (SSSR count). The molecule has 2 fully saturated rings. The van der Waals surface area contributed by atoms with Gasteiger partial charge in [-0.15, -0.1) is 0 Å². The van der Waals surface area contributed by atoms with Crippen molar-refractivity contribution in [2.45, 2.75) is 55.3 Å². The van der Waals surface area contributed by atoms with Crippen LogP contribution in [0.3, 0.4) is 0 Å². The van der Waals surface area contributed by atoms with Crippen LogP contribution in [0.2, 0.25) is 0 Å². The summed E-state index contributed by atoms with van der Waals surface area (Å²) in [7, 11) is -6.37. The number of hydrogen-bond acceptors (Lipinski definition) is 6. The molecule has 2 aliphatic heterocycles. The monoisotopic (exact) mass is 619 g/mol. The van der Waals surface area contributed by atoms with Crippen LogP contribution in [-0.4, -0.2) is 46.7 Å². The average Bonchev–Trinajstić information content (AvgIpc) is 3.01. The molecule has 1 saturated carbocycles. The van der Waals surface area contributed by atoms with Crippen molar-refractivity contribution < 1.29 is 35.1 Å². The van der Waals surface area contributed by atoms with Crippen molar-refractivity contribution in [1.29, 1.82) is 0 Å². The molecular formula is C31H35F2NO6S2. The zero-order chi connectivity index (χ0) is 30.3. The molecule has 3 aliphatic rings. The zero-order valence-electron chi connectivity index (χ0n) is 23.8. The van der Waals surface area contributed by atoms with E-state index in [9.17, 15) is 21.2 Å². The lowest BCUT2D eigenvalue weighted by molar-refractivity contribution is 0.0201. The van der Waals surface area contributed by atoms with Crippen LogP contribution in [0.15, 0.2) is 71.6 Å². The van der Waals surface area contributed by atoms with Gasteiger partial charge in [0.05, 0.1) is 29.9 Å². The van der Waals surface area contributed by atoms with E-state index in [-0.39, 0.29) is 54.4 Å². The Balaban J connectivity index is 0.00000173. The molecule has 0 spiro atoms. The van der Waals surface area contributed by atoms with Crippen molar-refractivity contribution in [2.24, 2.45) is 11.8 Å². The van der Waals surface area contributed by atoms with Crippen molar-refractivity contribution >= 4 is 19.9 Å². The second-order valence-electron chi connectivity index (χ2n) is 10.6. The van der Waals surface area contributed by atoms with Gasteiger partial charge in [0.15, 0.2) is 21.4 Å². The summed E-state index contributed by atoms with van der Waals surface area (Å²) in [5, 5.41) is 0. The van der Waals surface area contributed by atoms with Crippen LogP contribution in [0.25, 0.3) is 0 Å². The number of ether oxygens (including phenoxy) is 2. The summed E-state index contributed by atoms with van der Waals surface area (Å²) in [6, 6.07) is 16.2. The first-order valence-corrected chi connectivity index (χ1v) is 17.2. The average molecular weight is 620 g/mol. The highest BCUT2D eigenvalue weighted by Crippen LogP contribution is 2.60. The number of hydrogen-bond donors (Lipinski definition) is 0. The van der Waals surface area contributed by atoms with Crippen molar-refractivity contribution in [3.05, 3.63) is 89.5 Å². The van der Waals surface area contributed by atoms with Gasteiger partial charge in [0, 0.05) is 18.5 Å². The van der Waals surface area contributed by atoms with Gasteiger partial charge in [-0.25, -0.2) is 25.6 Å². The minimum absolute atomic E-state index is 0.00785.